The highest BCUT2D eigenvalue weighted by Gasteiger charge is 2.30. The summed E-state index contributed by atoms with van der Waals surface area (Å²) in [6, 6.07) is 18.7. The van der Waals surface area contributed by atoms with Gasteiger partial charge in [-0.15, -0.1) is 0 Å². The average Bonchev–Trinajstić information content (AvgIpc) is 2.48. The van der Waals surface area contributed by atoms with E-state index in [2.05, 4.69) is 30.3 Å². The number of hydrogen-bond acceptors (Lipinski definition) is 2. The normalized spacial score (nSPS) is 21.5. The molecule has 2 aromatic carbocycles. The van der Waals surface area contributed by atoms with Gasteiger partial charge in [-0.25, -0.2) is 0 Å². The van der Waals surface area contributed by atoms with Crippen LogP contribution in [-0.2, 0) is 11.2 Å². The van der Waals surface area contributed by atoms with Crippen LogP contribution in [0.15, 0.2) is 54.6 Å². The maximum Gasteiger partial charge on any atom is 0.125 e. The van der Waals surface area contributed by atoms with Gasteiger partial charge in [0.2, 0.25) is 0 Å². The first-order chi connectivity index (χ1) is 9.38. The zero-order valence-corrected chi connectivity index (χ0v) is 11.1. The molecule has 0 saturated heterocycles. The van der Waals surface area contributed by atoms with Crippen molar-refractivity contribution in [3.8, 4) is 5.75 Å². The van der Waals surface area contributed by atoms with Gasteiger partial charge in [-0.3, -0.25) is 0 Å². The number of methoxy groups -OCH3 is 1. The van der Waals surface area contributed by atoms with E-state index in [1.165, 1.54) is 5.56 Å². The van der Waals surface area contributed by atoms with Crippen molar-refractivity contribution in [2.45, 2.75) is 12.5 Å². The molecule has 3 rings (SSSR count). The zero-order valence-electron chi connectivity index (χ0n) is 11.1. The van der Waals surface area contributed by atoms with Gasteiger partial charge in [0.25, 0.3) is 0 Å². The third-order valence-corrected chi connectivity index (χ3v) is 3.70. The molecule has 0 aliphatic carbocycles. The summed E-state index contributed by atoms with van der Waals surface area (Å²) in [7, 11) is 1.78. The summed E-state index contributed by atoms with van der Waals surface area (Å²) in [5, 5.41) is 0. The number of rotatable bonds is 3. The Morgan fingerprint density at radius 3 is 2.58 bits per heavy atom. The van der Waals surface area contributed by atoms with Crippen molar-refractivity contribution in [1.82, 2.24) is 0 Å². The molecule has 0 N–H and O–H groups in total. The Labute approximate surface area is 114 Å². The largest absolute Gasteiger partial charge is 0.493 e. The molecule has 0 spiro atoms. The lowest BCUT2D eigenvalue weighted by Crippen LogP contribution is -2.28. The van der Waals surface area contributed by atoms with E-state index < -0.39 is 0 Å². The molecule has 19 heavy (non-hydrogen) atoms. The second kappa shape index (κ2) is 5.45. The number of para-hydroxylation sites is 1. The minimum Gasteiger partial charge on any atom is -0.493 e. The van der Waals surface area contributed by atoms with Crippen LogP contribution in [-0.4, -0.2) is 13.7 Å². The SMILES string of the molecule is CO[C@@H]1c2ccccc2OC[C@@H]1Cc1ccccc1. The molecular weight excluding hydrogens is 236 g/mol. The summed E-state index contributed by atoms with van der Waals surface area (Å²) >= 11 is 0. The predicted molar refractivity (Wildman–Crippen MR) is 75.3 cm³/mol. The number of benzene rings is 2. The quantitative estimate of drug-likeness (QED) is 0.832. The molecule has 98 valence electrons. The van der Waals surface area contributed by atoms with Crippen molar-refractivity contribution in [2.75, 3.05) is 13.7 Å². The molecule has 2 atom stereocenters. The maximum absolute atomic E-state index is 5.86. The summed E-state index contributed by atoms with van der Waals surface area (Å²) in [5.41, 5.74) is 2.50. The smallest absolute Gasteiger partial charge is 0.125 e. The Balaban J connectivity index is 1.84. The highest BCUT2D eigenvalue weighted by molar-refractivity contribution is 5.37. The van der Waals surface area contributed by atoms with E-state index in [1.54, 1.807) is 7.11 Å². The first-order valence-electron chi connectivity index (χ1n) is 6.67. The lowest BCUT2D eigenvalue weighted by Gasteiger charge is -2.32. The van der Waals surface area contributed by atoms with Crippen LogP contribution in [0.1, 0.15) is 17.2 Å². The Morgan fingerprint density at radius 2 is 1.79 bits per heavy atom. The van der Waals surface area contributed by atoms with Gasteiger partial charge in [-0.2, -0.15) is 0 Å². The fourth-order valence-corrected chi connectivity index (χ4v) is 2.79. The highest BCUT2D eigenvalue weighted by atomic mass is 16.5. The van der Waals surface area contributed by atoms with Gasteiger partial charge in [-0.1, -0.05) is 48.5 Å². The molecule has 0 unspecified atom stereocenters. The zero-order chi connectivity index (χ0) is 13.1. The molecule has 0 saturated carbocycles. The van der Waals surface area contributed by atoms with Crippen molar-refractivity contribution >= 4 is 0 Å². The van der Waals surface area contributed by atoms with Crippen LogP contribution >= 0.6 is 0 Å². The Morgan fingerprint density at radius 1 is 1.05 bits per heavy atom. The van der Waals surface area contributed by atoms with Gasteiger partial charge in [0.15, 0.2) is 0 Å². The monoisotopic (exact) mass is 254 g/mol. The van der Waals surface area contributed by atoms with Crippen molar-refractivity contribution in [1.29, 1.82) is 0 Å². The second-order valence-electron chi connectivity index (χ2n) is 4.95. The fraction of sp³-hybridized carbons (Fsp3) is 0.294. The predicted octanol–water partition coefficient (Wildman–Crippen LogP) is 3.63. The first kappa shape index (κ1) is 12.2. The third kappa shape index (κ3) is 2.49. The van der Waals surface area contributed by atoms with Crippen molar-refractivity contribution in [2.24, 2.45) is 5.92 Å². The molecule has 2 nitrogen and oxygen atoms in total. The van der Waals surface area contributed by atoms with E-state index in [0.29, 0.717) is 12.5 Å². The molecule has 0 aromatic heterocycles. The Kier molecular flexibility index (Phi) is 3.51. The van der Waals surface area contributed by atoms with Crippen molar-refractivity contribution < 1.29 is 9.47 Å². The van der Waals surface area contributed by atoms with E-state index in [0.717, 1.165) is 17.7 Å². The van der Waals surface area contributed by atoms with Gasteiger partial charge in [0.1, 0.15) is 5.75 Å². The molecule has 0 amide bonds. The van der Waals surface area contributed by atoms with E-state index in [9.17, 15) is 0 Å². The average molecular weight is 254 g/mol. The minimum atomic E-state index is 0.116. The lowest BCUT2D eigenvalue weighted by molar-refractivity contribution is 0.0118. The molecule has 1 aliphatic rings. The molecule has 0 radical (unpaired) electrons. The summed E-state index contributed by atoms with van der Waals surface area (Å²) < 4.78 is 11.6. The molecule has 1 heterocycles. The molecule has 1 aliphatic heterocycles. The Hall–Kier alpha value is -1.80. The van der Waals surface area contributed by atoms with Crippen LogP contribution in [0.3, 0.4) is 0 Å². The molecule has 2 heteroatoms. The number of ether oxygens (including phenoxy) is 2. The topological polar surface area (TPSA) is 18.5 Å². The Bertz CT molecular complexity index is 536. The first-order valence-corrected chi connectivity index (χ1v) is 6.67. The summed E-state index contributed by atoms with van der Waals surface area (Å²) in [4.78, 5) is 0. The molecule has 2 aromatic rings. The van der Waals surface area contributed by atoms with E-state index in [4.69, 9.17) is 9.47 Å². The number of fused-ring (bicyclic) bond motifs is 1. The minimum absolute atomic E-state index is 0.116. The highest BCUT2D eigenvalue weighted by Crippen LogP contribution is 2.38. The van der Waals surface area contributed by atoms with Crippen molar-refractivity contribution in [3.05, 3.63) is 65.7 Å². The second-order valence-corrected chi connectivity index (χ2v) is 4.95. The van der Waals surface area contributed by atoms with Gasteiger partial charge in [0.05, 0.1) is 12.7 Å². The number of hydrogen-bond donors (Lipinski definition) is 0. The van der Waals surface area contributed by atoms with Gasteiger partial charge < -0.3 is 9.47 Å². The van der Waals surface area contributed by atoms with Gasteiger partial charge in [-0.05, 0) is 18.1 Å². The van der Waals surface area contributed by atoms with E-state index >= 15 is 0 Å². The van der Waals surface area contributed by atoms with Crippen molar-refractivity contribution in [3.63, 3.8) is 0 Å². The van der Waals surface area contributed by atoms with Crippen LogP contribution in [0.4, 0.5) is 0 Å². The molecule has 0 fully saturated rings. The van der Waals surface area contributed by atoms with Gasteiger partial charge in [0, 0.05) is 18.6 Å². The summed E-state index contributed by atoms with van der Waals surface area (Å²) in [6.07, 6.45) is 1.10. The maximum atomic E-state index is 5.86. The van der Waals surface area contributed by atoms with Crippen LogP contribution in [0.25, 0.3) is 0 Å². The fourth-order valence-electron chi connectivity index (χ4n) is 2.79. The van der Waals surface area contributed by atoms with Crippen LogP contribution in [0, 0.1) is 5.92 Å². The van der Waals surface area contributed by atoms with Crippen LogP contribution < -0.4 is 4.74 Å². The van der Waals surface area contributed by atoms with E-state index in [1.807, 2.05) is 24.3 Å². The van der Waals surface area contributed by atoms with Gasteiger partial charge >= 0.3 is 0 Å². The van der Waals surface area contributed by atoms with Crippen LogP contribution in [0.5, 0.6) is 5.75 Å². The summed E-state index contributed by atoms with van der Waals surface area (Å²) in [6.45, 7) is 0.713. The molecular formula is C17H18O2. The lowest BCUT2D eigenvalue weighted by atomic mass is 9.88. The van der Waals surface area contributed by atoms with Crippen LogP contribution in [0.2, 0.25) is 0 Å². The third-order valence-electron chi connectivity index (χ3n) is 3.70. The molecule has 0 bridgehead atoms. The van der Waals surface area contributed by atoms with E-state index in [-0.39, 0.29) is 6.10 Å². The summed E-state index contributed by atoms with van der Waals surface area (Å²) in [5.74, 6) is 1.32. The standard InChI is InChI=1S/C17H18O2/c1-18-17-14(11-13-7-3-2-4-8-13)12-19-16-10-6-5-9-15(16)17/h2-10,14,17H,11-12H2,1H3/t14-,17-/m0/s1.